The maximum absolute atomic E-state index is 3.00. The average Bonchev–Trinajstić information content (AvgIpc) is 3.17. The number of rotatable bonds is 3. The third-order valence-corrected chi connectivity index (χ3v) is 12.5. The van der Waals surface area contributed by atoms with Crippen molar-refractivity contribution >= 4 is 8.07 Å². The second kappa shape index (κ2) is 7.00. The van der Waals surface area contributed by atoms with E-state index in [4.69, 9.17) is 0 Å². The molecule has 1 nitrogen and oxygen atoms in total. The van der Waals surface area contributed by atoms with E-state index in [0.29, 0.717) is 10.8 Å². The standard InChI is InChI=1S/C27H47NSi/c1-10-18(11-2)24-20-13-12-19(29(7,8)9)16-21(20)23-17-22-25(28(23)24)27(5,6)15-14-26(22,3)4/h19-21,23H,10-17H2,1-9H3. The Bertz CT molecular complexity index is 726. The summed E-state index contributed by atoms with van der Waals surface area (Å²) in [6.45, 7) is 22.8. The first-order valence-corrected chi connectivity index (χ1v) is 16.3. The summed E-state index contributed by atoms with van der Waals surface area (Å²) in [4.78, 5) is 3.00. The molecule has 4 atom stereocenters. The maximum Gasteiger partial charge on any atom is 0.0473 e. The van der Waals surface area contributed by atoms with Gasteiger partial charge in [0.1, 0.15) is 0 Å². The van der Waals surface area contributed by atoms with Crippen LogP contribution in [0.15, 0.2) is 22.5 Å². The highest BCUT2D eigenvalue weighted by Gasteiger charge is 2.58. The third-order valence-electron chi connectivity index (χ3n) is 9.55. The van der Waals surface area contributed by atoms with Gasteiger partial charge in [0.15, 0.2) is 0 Å². The van der Waals surface area contributed by atoms with Crippen LogP contribution in [-0.4, -0.2) is 19.0 Å². The number of fused-ring (bicyclic) bond motifs is 4. The minimum Gasteiger partial charge on any atom is -0.344 e. The molecule has 0 N–H and O–H groups in total. The highest BCUT2D eigenvalue weighted by molar-refractivity contribution is 6.77. The lowest BCUT2D eigenvalue weighted by Gasteiger charge is -2.44. The summed E-state index contributed by atoms with van der Waals surface area (Å²) in [7, 11) is -1.07. The Labute approximate surface area is 182 Å². The van der Waals surface area contributed by atoms with E-state index >= 15 is 0 Å². The Morgan fingerprint density at radius 1 is 0.966 bits per heavy atom. The van der Waals surface area contributed by atoms with Crippen LogP contribution < -0.4 is 0 Å². The van der Waals surface area contributed by atoms with E-state index < -0.39 is 8.07 Å². The van der Waals surface area contributed by atoms with Crippen molar-refractivity contribution in [1.82, 2.24) is 4.90 Å². The molecule has 0 aromatic heterocycles. The van der Waals surface area contributed by atoms with Crippen LogP contribution in [0.5, 0.6) is 0 Å². The van der Waals surface area contributed by atoms with E-state index in [2.05, 4.69) is 66.1 Å². The lowest BCUT2D eigenvalue weighted by molar-refractivity contribution is 0.214. The van der Waals surface area contributed by atoms with Gasteiger partial charge in [-0.2, -0.15) is 0 Å². The molecule has 1 saturated carbocycles. The molecule has 0 bridgehead atoms. The van der Waals surface area contributed by atoms with Gasteiger partial charge in [0.05, 0.1) is 0 Å². The molecular weight excluding hydrogens is 366 g/mol. The van der Waals surface area contributed by atoms with Crippen LogP contribution in [0.1, 0.15) is 92.9 Å². The van der Waals surface area contributed by atoms with E-state index in [-0.39, 0.29) is 0 Å². The zero-order valence-corrected chi connectivity index (χ0v) is 21.9. The molecule has 164 valence electrons. The van der Waals surface area contributed by atoms with Gasteiger partial charge >= 0.3 is 0 Å². The quantitative estimate of drug-likeness (QED) is 0.420. The highest BCUT2D eigenvalue weighted by Crippen LogP contribution is 2.64. The summed E-state index contributed by atoms with van der Waals surface area (Å²) in [5.74, 6) is 1.75. The fraction of sp³-hybridized carbons (Fsp3) is 0.852. The summed E-state index contributed by atoms with van der Waals surface area (Å²) >= 11 is 0. The van der Waals surface area contributed by atoms with Gasteiger partial charge in [0.2, 0.25) is 0 Å². The molecular formula is C27H47NSi. The minimum atomic E-state index is -1.07. The van der Waals surface area contributed by atoms with E-state index in [1.165, 1.54) is 51.4 Å². The minimum absolute atomic E-state index is 0.336. The van der Waals surface area contributed by atoms with Gasteiger partial charge in [-0.25, -0.2) is 0 Å². The molecule has 4 aliphatic rings. The van der Waals surface area contributed by atoms with Gasteiger partial charge in [-0.15, -0.1) is 0 Å². The van der Waals surface area contributed by atoms with Gasteiger partial charge in [-0.1, -0.05) is 73.2 Å². The average molecular weight is 414 g/mol. The zero-order valence-electron chi connectivity index (χ0n) is 20.9. The molecule has 0 amide bonds. The Balaban J connectivity index is 1.83. The van der Waals surface area contributed by atoms with E-state index in [0.717, 1.165) is 23.4 Å². The van der Waals surface area contributed by atoms with Crippen molar-refractivity contribution in [3.8, 4) is 0 Å². The van der Waals surface area contributed by atoms with Crippen molar-refractivity contribution in [1.29, 1.82) is 0 Å². The molecule has 2 aliphatic carbocycles. The second-order valence-corrected chi connectivity index (χ2v) is 18.6. The first-order valence-electron chi connectivity index (χ1n) is 12.7. The third kappa shape index (κ3) is 3.31. The molecule has 1 saturated heterocycles. The Morgan fingerprint density at radius 3 is 2.17 bits per heavy atom. The molecule has 4 rings (SSSR count). The van der Waals surface area contributed by atoms with Gasteiger partial charge in [-0.05, 0) is 67.4 Å². The number of allylic oxidation sites excluding steroid dienone is 3. The maximum atomic E-state index is 3.00. The van der Waals surface area contributed by atoms with Crippen LogP contribution in [0, 0.1) is 22.7 Å². The summed E-state index contributed by atoms with van der Waals surface area (Å²) in [6, 6.07) is 0.767. The van der Waals surface area contributed by atoms with E-state index in [9.17, 15) is 0 Å². The second-order valence-electron chi connectivity index (χ2n) is 13.1. The molecule has 0 aromatic rings. The molecule has 0 aromatic carbocycles. The van der Waals surface area contributed by atoms with Gasteiger partial charge in [0, 0.05) is 36.8 Å². The lowest BCUT2D eigenvalue weighted by atomic mass is 9.64. The van der Waals surface area contributed by atoms with Crippen LogP contribution in [0.25, 0.3) is 0 Å². The van der Waals surface area contributed by atoms with Crippen molar-refractivity contribution in [3.05, 3.63) is 22.5 Å². The molecule has 4 unspecified atom stereocenters. The molecule has 2 aliphatic heterocycles. The molecule has 2 heteroatoms. The lowest BCUT2D eigenvalue weighted by Crippen LogP contribution is -2.37. The summed E-state index contributed by atoms with van der Waals surface area (Å²) in [6.07, 6.45) is 11.0. The van der Waals surface area contributed by atoms with Crippen molar-refractivity contribution in [2.24, 2.45) is 22.7 Å². The number of nitrogens with zero attached hydrogens (tertiary/aromatic N) is 1. The first kappa shape index (κ1) is 21.7. The van der Waals surface area contributed by atoms with Crippen LogP contribution >= 0.6 is 0 Å². The number of hydrogen-bond acceptors (Lipinski definition) is 1. The Kier molecular flexibility index (Phi) is 5.25. The summed E-state index contributed by atoms with van der Waals surface area (Å²) < 4.78 is 0. The van der Waals surface area contributed by atoms with Gasteiger partial charge in [0.25, 0.3) is 0 Å². The van der Waals surface area contributed by atoms with Gasteiger partial charge < -0.3 is 4.90 Å². The van der Waals surface area contributed by atoms with Crippen molar-refractivity contribution in [2.45, 2.75) is 124 Å². The van der Waals surface area contributed by atoms with Crippen LogP contribution in [0.3, 0.4) is 0 Å². The SMILES string of the molecule is CCC(CC)=C1C2CCC([Si](C)(C)C)CC2C2CC3=C(N12)C(C)(C)CCC3(C)C. The van der Waals surface area contributed by atoms with Crippen LogP contribution in [-0.2, 0) is 0 Å². The van der Waals surface area contributed by atoms with Crippen molar-refractivity contribution in [3.63, 3.8) is 0 Å². The van der Waals surface area contributed by atoms with E-state index in [1.807, 2.05) is 11.3 Å². The van der Waals surface area contributed by atoms with Crippen LogP contribution in [0.2, 0.25) is 25.2 Å². The molecule has 29 heavy (non-hydrogen) atoms. The zero-order chi connectivity index (χ0) is 21.4. The first-order chi connectivity index (χ1) is 13.4. The fourth-order valence-electron chi connectivity index (χ4n) is 7.56. The largest absolute Gasteiger partial charge is 0.344 e. The molecule has 0 radical (unpaired) electrons. The number of hydrogen-bond donors (Lipinski definition) is 0. The predicted molar refractivity (Wildman–Crippen MR) is 130 cm³/mol. The predicted octanol–water partition coefficient (Wildman–Crippen LogP) is 8.37. The fourth-order valence-corrected chi connectivity index (χ4v) is 9.57. The van der Waals surface area contributed by atoms with Crippen molar-refractivity contribution in [2.75, 3.05) is 0 Å². The van der Waals surface area contributed by atoms with E-state index in [1.54, 1.807) is 11.3 Å². The summed E-state index contributed by atoms with van der Waals surface area (Å²) in [5.41, 5.74) is 8.93. The smallest absolute Gasteiger partial charge is 0.0473 e. The normalized spacial score (nSPS) is 35.5. The highest BCUT2D eigenvalue weighted by atomic mass is 28.3. The monoisotopic (exact) mass is 413 g/mol. The molecule has 2 fully saturated rings. The van der Waals surface area contributed by atoms with Crippen LogP contribution in [0.4, 0.5) is 0 Å². The Hall–Kier alpha value is -0.503. The molecule has 0 spiro atoms. The van der Waals surface area contributed by atoms with Gasteiger partial charge in [-0.3, -0.25) is 0 Å². The topological polar surface area (TPSA) is 3.24 Å². The Morgan fingerprint density at radius 2 is 1.59 bits per heavy atom. The summed E-state index contributed by atoms with van der Waals surface area (Å²) in [5, 5.41) is 0. The van der Waals surface area contributed by atoms with Crippen molar-refractivity contribution < 1.29 is 0 Å². The molecule has 2 heterocycles.